The molecule has 3 aromatic carbocycles. The van der Waals surface area contributed by atoms with Crippen LogP contribution >= 0.6 is 11.6 Å². The number of nitrogens with one attached hydrogen (secondary N) is 2. The minimum atomic E-state index is -4.90. The normalized spacial score (nSPS) is 14.6. The van der Waals surface area contributed by atoms with E-state index in [1.165, 1.54) is 30.6 Å². The van der Waals surface area contributed by atoms with Crippen molar-refractivity contribution in [2.45, 2.75) is 12.2 Å². The zero-order valence-electron chi connectivity index (χ0n) is 19.4. The number of anilines is 2. The number of halogens is 6. The van der Waals surface area contributed by atoms with E-state index in [0.717, 1.165) is 12.1 Å². The lowest BCUT2D eigenvalue weighted by Crippen LogP contribution is -2.21. The molecule has 7 nitrogen and oxygen atoms in total. The van der Waals surface area contributed by atoms with Gasteiger partial charge in [-0.05, 0) is 48.5 Å². The molecule has 1 aliphatic heterocycles. The molecule has 0 fully saturated rings. The fraction of sp³-hybridized carbons (Fsp3) is 0.0769. The summed E-state index contributed by atoms with van der Waals surface area (Å²) in [6.45, 7) is 0. The van der Waals surface area contributed by atoms with Crippen LogP contribution in [0.2, 0.25) is 5.02 Å². The number of carbonyl (C=O) groups is 2. The van der Waals surface area contributed by atoms with Crippen LogP contribution in [0.15, 0.2) is 60.9 Å². The summed E-state index contributed by atoms with van der Waals surface area (Å²) < 4.78 is 67.8. The summed E-state index contributed by atoms with van der Waals surface area (Å²) in [6.07, 6.45) is -2.32. The van der Waals surface area contributed by atoms with Gasteiger partial charge >= 0.3 is 6.18 Å². The monoisotopic (exact) mass is 559 g/mol. The zero-order chi connectivity index (χ0) is 28.1. The van der Waals surface area contributed by atoms with Gasteiger partial charge in [-0.3, -0.25) is 14.6 Å². The number of alkyl halides is 3. The molecular formula is C26H15ClF5N5O2. The molecule has 0 bridgehead atoms. The van der Waals surface area contributed by atoms with Crippen LogP contribution in [0.3, 0.4) is 0 Å². The van der Waals surface area contributed by atoms with Gasteiger partial charge in [0.05, 0.1) is 29.7 Å². The molecule has 1 atom stereocenters. The smallest absolute Gasteiger partial charge is 0.382 e. The van der Waals surface area contributed by atoms with Gasteiger partial charge in [0.2, 0.25) is 0 Å². The van der Waals surface area contributed by atoms with E-state index in [0.29, 0.717) is 17.7 Å². The van der Waals surface area contributed by atoms with Crippen molar-refractivity contribution in [1.29, 1.82) is 0 Å². The fourth-order valence-corrected chi connectivity index (χ4v) is 4.45. The van der Waals surface area contributed by atoms with Crippen molar-refractivity contribution in [1.82, 2.24) is 15.3 Å². The lowest BCUT2D eigenvalue weighted by atomic mass is 9.93. The van der Waals surface area contributed by atoms with Crippen LogP contribution in [0.4, 0.5) is 33.5 Å². The van der Waals surface area contributed by atoms with Gasteiger partial charge in [-0.25, -0.2) is 13.8 Å². The van der Waals surface area contributed by atoms with E-state index in [1.807, 2.05) is 0 Å². The first-order valence-electron chi connectivity index (χ1n) is 11.1. The largest absolute Gasteiger partial charge is 0.416 e. The van der Waals surface area contributed by atoms with E-state index in [-0.39, 0.29) is 45.0 Å². The van der Waals surface area contributed by atoms with Crippen LogP contribution in [0.1, 0.15) is 43.4 Å². The molecule has 0 spiro atoms. The number of carbonyl (C=O) groups excluding carboxylic acids is 2. The Hall–Kier alpha value is -4.58. The quantitative estimate of drug-likeness (QED) is 0.275. The van der Waals surface area contributed by atoms with Gasteiger partial charge in [0.15, 0.2) is 0 Å². The van der Waals surface area contributed by atoms with Gasteiger partial charge in [0.25, 0.3) is 11.8 Å². The number of benzene rings is 3. The minimum absolute atomic E-state index is 0.0346. The second kappa shape index (κ2) is 9.62. The predicted octanol–water partition coefficient (Wildman–Crippen LogP) is 5.76. The van der Waals surface area contributed by atoms with Gasteiger partial charge in [-0.1, -0.05) is 11.6 Å². The van der Waals surface area contributed by atoms with Crippen molar-refractivity contribution in [2.24, 2.45) is 0 Å². The second-order valence-electron chi connectivity index (χ2n) is 8.56. The summed E-state index contributed by atoms with van der Waals surface area (Å²) in [4.78, 5) is 34.2. The second-order valence-corrected chi connectivity index (χ2v) is 8.97. The first kappa shape index (κ1) is 26.0. The van der Waals surface area contributed by atoms with E-state index in [2.05, 4.69) is 20.6 Å². The highest BCUT2D eigenvalue weighted by Gasteiger charge is 2.36. The lowest BCUT2D eigenvalue weighted by Gasteiger charge is -2.19. The molecule has 4 aromatic rings. The van der Waals surface area contributed by atoms with Crippen LogP contribution in [-0.4, -0.2) is 21.8 Å². The predicted molar refractivity (Wildman–Crippen MR) is 132 cm³/mol. The van der Waals surface area contributed by atoms with E-state index in [4.69, 9.17) is 17.3 Å². The Bertz CT molecular complexity index is 1640. The van der Waals surface area contributed by atoms with Gasteiger partial charge in [0, 0.05) is 38.5 Å². The summed E-state index contributed by atoms with van der Waals surface area (Å²) in [5.41, 5.74) is 4.53. The minimum Gasteiger partial charge on any atom is -0.382 e. The number of hydrogen-bond acceptors (Lipinski definition) is 5. The van der Waals surface area contributed by atoms with Gasteiger partial charge in [-0.15, -0.1) is 0 Å². The van der Waals surface area contributed by atoms with Crippen molar-refractivity contribution < 1.29 is 31.5 Å². The highest BCUT2D eigenvalue weighted by molar-refractivity contribution is 6.31. The molecule has 4 N–H and O–H groups in total. The molecule has 5 rings (SSSR count). The first-order chi connectivity index (χ1) is 18.4. The van der Waals surface area contributed by atoms with Gasteiger partial charge in [0.1, 0.15) is 17.5 Å². The van der Waals surface area contributed by atoms with Crippen molar-refractivity contribution >= 4 is 34.9 Å². The van der Waals surface area contributed by atoms with E-state index in [1.54, 1.807) is 0 Å². The molecule has 2 amide bonds. The zero-order valence-corrected chi connectivity index (χ0v) is 20.2. The third-order valence-electron chi connectivity index (χ3n) is 5.96. The number of nitrogen functional groups attached to an aromatic ring is 1. The fourth-order valence-electron chi connectivity index (χ4n) is 4.22. The Balaban J connectivity index is 1.66. The maximum absolute atomic E-state index is 14.1. The molecule has 39 heavy (non-hydrogen) atoms. The molecule has 1 aliphatic rings. The molecule has 0 saturated heterocycles. The number of nitrogens with two attached hydrogens (primary N) is 1. The number of fused-ring (bicyclic) bond motifs is 1. The van der Waals surface area contributed by atoms with Crippen LogP contribution in [0, 0.1) is 11.6 Å². The Kier molecular flexibility index (Phi) is 6.43. The van der Waals surface area contributed by atoms with Crippen LogP contribution in [0.5, 0.6) is 0 Å². The average molecular weight is 560 g/mol. The topological polar surface area (TPSA) is 110 Å². The Morgan fingerprint density at radius 1 is 1.00 bits per heavy atom. The highest BCUT2D eigenvalue weighted by atomic mass is 35.5. The van der Waals surface area contributed by atoms with E-state index < -0.39 is 46.8 Å². The summed E-state index contributed by atoms with van der Waals surface area (Å²) in [7, 11) is 0. The lowest BCUT2D eigenvalue weighted by molar-refractivity contribution is -0.137. The molecule has 1 unspecified atom stereocenters. The molecule has 1 aromatic heterocycles. The number of hydrogen-bond donors (Lipinski definition) is 3. The van der Waals surface area contributed by atoms with Gasteiger partial charge < -0.3 is 16.4 Å². The Labute approximate surface area is 221 Å². The van der Waals surface area contributed by atoms with Crippen molar-refractivity contribution in [3.8, 4) is 11.3 Å². The average Bonchev–Trinajstić information content (AvgIpc) is 3.21. The number of rotatable bonds is 4. The molecular weight excluding hydrogens is 545 g/mol. The van der Waals surface area contributed by atoms with E-state index in [9.17, 15) is 31.5 Å². The highest BCUT2D eigenvalue weighted by Crippen LogP contribution is 2.41. The summed E-state index contributed by atoms with van der Waals surface area (Å²) in [6, 6.07) is 6.75. The maximum Gasteiger partial charge on any atom is 0.416 e. The number of aromatic nitrogens is 2. The standard InChI is InChI=1S/C26H15ClF5N5O2/c27-18-2-1-14(28)8-16(18)23-22-17(25(39)37-23)5-11(20-9-35-21(33)10-34-20)6-19(22)36-24(38)12-3-13(26(30,31)32)7-15(29)4-12/h1-10,23H,(H2,33,35)(H,36,38)(H,37,39). The van der Waals surface area contributed by atoms with Crippen molar-refractivity contribution in [3.05, 3.63) is 105 Å². The summed E-state index contributed by atoms with van der Waals surface area (Å²) in [5.74, 6) is -3.48. The Morgan fingerprint density at radius 3 is 2.46 bits per heavy atom. The Morgan fingerprint density at radius 2 is 1.77 bits per heavy atom. The van der Waals surface area contributed by atoms with Crippen LogP contribution in [0.25, 0.3) is 11.3 Å². The SMILES string of the molecule is Nc1cnc(-c2cc(NC(=O)c3cc(F)cc(C(F)(F)F)c3)c3c(c2)C(=O)NC3c2cc(F)ccc2Cl)cn1. The number of nitrogens with zero attached hydrogens (tertiary/aromatic N) is 2. The summed E-state index contributed by atoms with van der Waals surface area (Å²) >= 11 is 6.28. The molecule has 0 aliphatic carbocycles. The maximum atomic E-state index is 14.1. The third-order valence-corrected chi connectivity index (χ3v) is 6.31. The van der Waals surface area contributed by atoms with Crippen molar-refractivity contribution in [2.75, 3.05) is 11.1 Å². The summed E-state index contributed by atoms with van der Waals surface area (Å²) in [5, 5.41) is 5.25. The molecule has 2 heterocycles. The van der Waals surface area contributed by atoms with Crippen LogP contribution in [-0.2, 0) is 6.18 Å². The van der Waals surface area contributed by atoms with Crippen LogP contribution < -0.4 is 16.4 Å². The molecule has 0 saturated carbocycles. The third kappa shape index (κ3) is 5.10. The first-order valence-corrected chi connectivity index (χ1v) is 11.5. The van der Waals surface area contributed by atoms with Gasteiger partial charge in [-0.2, -0.15) is 13.2 Å². The molecule has 0 radical (unpaired) electrons. The molecule has 198 valence electrons. The van der Waals surface area contributed by atoms with E-state index >= 15 is 0 Å². The molecule has 13 heteroatoms. The number of amides is 2. The van der Waals surface area contributed by atoms with Crippen molar-refractivity contribution in [3.63, 3.8) is 0 Å².